The third-order valence-corrected chi connectivity index (χ3v) is 6.09. The molecule has 0 saturated heterocycles. The Balaban J connectivity index is 1.41. The van der Waals surface area contributed by atoms with Crippen molar-refractivity contribution in [1.29, 1.82) is 0 Å². The molecule has 0 aliphatic rings. The van der Waals surface area contributed by atoms with Gasteiger partial charge in [-0.1, -0.05) is 53.2 Å². The molecule has 0 aliphatic heterocycles. The van der Waals surface area contributed by atoms with Crippen LogP contribution in [-0.2, 0) is 10.0 Å². The molecule has 0 spiro atoms. The molecule has 0 amide bonds. The van der Waals surface area contributed by atoms with Gasteiger partial charge in [0.15, 0.2) is 0 Å². The molecular formula is C23H22N4O3S. The van der Waals surface area contributed by atoms with Crippen LogP contribution in [0.3, 0.4) is 0 Å². The molecule has 158 valence electrons. The van der Waals surface area contributed by atoms with Crippen molar-refractivity contribution in [1.82, 2.24) is 10.1 Å². The van der Waals surface area contributed by atoms with Crippen LogP contribution in [0.1, 0.15) is 24.4 Å². The van der Waals surface area contributed by atoms with Gasteiger partial charge in [0.25, 0.3) is 10.0 Å². The van der Waals surface area contributed by atoms with Crippen LogP contribution in [0.2, 0.25) is 0 Å². The number of hydrogen-bond donors (Lipinski definition) is 2. The van der Waals surface area contributed by atoms with Gasteiger partial charge in [0.05, 0.1) is 4.90 Å². The second-order valence-corrected chi connectivity index (χ2v) is 8.87. The number of sulfonamides is 1. The lowest BCUT2D eigenvalue weighted by Gasteiger charge is -2.13. The topological polar surface area (TPSA) is 97.1 Å². The minimum atomic E-state index is -3.64. The normalized spacial score (nSPS) is 12.3. The molecule has 31 heavy (non-hydrogen) atoms. The fourth-order valence-electron chi connectivity index (χ4n) is 2.99. The summed E-state index contributed by atoms with van der Waals surface area (Å²) in [6, 6.07) is 23.1. The summed E-state index contributed by atoms with van der Waals surface area (Å²) in [4.78, 5) is 4.67. The second-order valence-electron chi connectivity index (χ2n) is 7.18. The maximum absolute atomic E-state index is 12.5. The van der Waals surface area contributed by atoms with Crippen molar-refractivity contribution >= 4 is 21.4 Å². The van der Waals surface area contributed by atoms with E-state index >= 15 is 0 Å². The Labute approximate surface area is 181 Å². The zero-order valence-electron chi connectivity index (χ0n) is 17.1. The molecule has 4 aromatic rings. The Kier molecular flexibility index (Phi) is 5.73. The number of benzene rings is 3. The second kappa shape index (κ2) is 8.61. The smallest absolute Gasteiger partial charge is 0.261 e. The summed E-state index contributed by atoms with van der Waals surface area (Å²) >= 11 is 0. The van der Waals surface area contributed by atoms with E-state index in [0.717, 1.165) is 16.8 Å². The molecule has 1 aromatic heterocycles. The highest BCUT2D eigenvalue weighted by Gasteiger charge is 2.16. The Morgan fingerprint density at radius 3 is 2.19 bits per heavy atom. The molecule has 0 saturated carbocycles. The monoisotopic (exact) mass is 434 g/mol. The maximum atomic E-state index is 12.5. The lowest BCUT2D eigenvalue weighted by Crippen LogP contribution is -2.13. The quantitative estimate of drug-likeness (QED) is 0.424. The number of hydrogen-bond acceptors (Lipinski definition) is 6. The number of nitrogens with zero attached hydrogens (tertiary/aromatic N) is 2. The molecule has 3 aromatic carbocycles. The minimum Gasteiger partial charge on any atom is -0.374 e. The summed E-state index contributed by atoms with van der Waals surface area (Å²) in [5.41, 5.74) is 3.16. The molecular weight excluding hydrogens is 412 g/mol. The minimum absolute atomic E-state index is 0.222. The van der Waals surface area contributed by atoms with E-state index < -0.39 is 10.0 Å². The third-order valence-electron chi connectivity index (χ3n) is 4.70. The van der Waals surface area contributed by atoms with Crippen molar-refractivity contribution in [2.75, 3.05) is 10.0 Å². The molecule has 1 unspecified atom stereocenters. The Hall–Kier alpha value is -3.65. The largest absolute Gasteiger partial charge is 0.374 e. The van der Waals surface area contributed by atoms with Crippen LogP contribution in [-0.4, -0.2) is 18.6 Å². The van der Waals surface area contributed by atoms with Gasteiger partial charge >= 0.3 is 0 Å². The van der Waals surface area contributed by atoms with Crippen molar-refractivity contribution in [3.63, 3.8) is 0 Å². The van der Waals surface area contributed by atoms with Gasteiger partial charge in [-0.05, 0) is 50.2 Å². The van der Waals surface area contributed by atoms with Gasteiger partial charge in [-0.15, -0.1) is 0 Å². The first-order valence-corrected chi connectivity index (χ1v) is 11.2. The fraction of sp³-hybridized carbons (Fsp3) is 0.130. The van der Waals surface area contributed by atoms with Crippen LogP contribution in [0.4, 0.5) is 11.4 Å². The molecule has 8 heteroatoms. The van der Waals surface area contributed by atoms with Gasteiger partial charge in [-0.3, -0.25) is 4.72 Å². The molecule has 1 heterocycles. The van der Waals surface area contributed by atoms with Crippen molar-refractivity contribution in [3.05, 3.63) is 90.3 Å². The lowest BCUT2D eigenvalue weighted by molar-refractivity contribution is 0.368. The van der Waals surface area contributed by atoms with Crippen LogP contribution in [0.25, 0.3) is 11.4 Å². The highest BCUT2D eigenvalue weighted by molar-refractivity contribution is 7.92. The van der Waals surface area contributed by atoms with Crippen LogP contribution < -0.4 is 10.0 Å². The summed E-state index contributed by atoms with van der Waals surface area (Å²) in [6.45, 7) is 3.82. The van der Waals surface area contributed by atoms with Crippen molar-refractivity contribution in [3.8, 4) is 11.4 Å². The Morgan fingerprint density at radius 1 is 0.871 bits per heavy atom. The third kappa shape index (κ3) is 4.92. The van der Waals surface area contributed by atoms with E-state index in [1.54, 1.807) is 48.5 Å². The Bertz CT molecular complexity index is 1250. The Morgan fingerprint density at radius 2 is 1.52 bits per heavy atom. The molecule has 0 fully saturated rings. The standard InChI is InChI=1S/C23H22N4O3S/c1-16-8-14-21(15-9-16)31(28,29)27-20-12-10-19(11-13-20)24-17(2)23-25-22(26-30-23)18-6-4-3-5-7-18/h3-15,17,24,27H,1-2H3. The molecule has 0 bridgehead atoms. The van der Waals surface area contributed by atoms with Crippen molar-refractivity contribution < 1.29 is 12.9 Å². The van der Waals surface area contributed by atoms with Gasteiger partial charge in [0.2, 0.25) is 11.7 Å². The van der Waals surface area contributed by atoms with Crippen LogP contribution in [0, 0.1) is 6.92 Å². The van der Waals surface area contributed by atoms with E-state index in [1.807, 2.05) is 44.2 Å². The van der Waals surface area contributed by atoms with Gasteiger partial charge in [0.1, 0.15) is 6.04 Å². The first-order chi connectivity index (χ1) is 14.9. The highest BCUT2D eigenvalue weighted by atomic mass is 32.2. The van der Waals surface area contributed by atoms with Crippen molar-refractivity contribution in [2.45, 2.75) is 24.8 Å². The summed E-state index contributed by atoms with van der Waals surface area (Å²) in [5, 5.41) is 7.31. The van der Waals surface area contributed by atoms with E-state index in [4.69, 9.17) is 4.52 Å². The summed E-state index contributed by atoms with van der Waals surface area (Å²) in [6.07, 6.45) is 0. The molecule has 0 aliphatic carbocycles. The molecule has 2 N–H and O–H groups in total. The predicted octanol–water partition coefficient (Wildman–Crippen LogP) is 5.02. The number of nitrogens with one attached hydrogen (secondary N) is 2. The zero-order valence-corrected chi connectivity index (χ0v) is 17.9. The van der Waals surface area contributed by atoms with Gasteiger partial charge < -0.3 is 9.84 Å². The molecule has 0 radical (unpaired) electrons. The number of aromatic nitrogens is 2. The summed E-state index contributed by atoms with van der Waals surface area (Å²) < 4.78 is 33.0. The first-order valence-electron chi connectivity index (χ1n) is 9.76. The SMILES string of the molecule is Cc1ccc(S(=O)(=O)Nc2ccc(NC(C)c3nc(-c4ccccc4)no3)cc2)cc1. The van der Waals surface area contributed by atoms with E-state index in [2.05, 4.69) is 20.2 Å². The van der Waals surface area contributed by atoms with Crippen LogP contribution in [0.5, 0.6) is 0 Å². The summed E-state index contributed by atoms with van der Waals surface area (Å²) in [7, 11) is -3.64. The van der Waals surface area contributed by atoms with Crippen molar-refractivity contribution in [2.24, 2.45) is 0 Å². The van der Waals surface area contributed by atoms with E-state index in [-0.39, 0.29) is 10.9 Å². The molecule has 4 rings (SSSR count). The predicted molar refractivity (Wildman–Crippen MR) is 120 cm³/mol. The first kappa shape index (κ1) is 20.6. The zero-order chi connectivity index (χ0) is 21.8. The van der Waals surface area contributed by atoms with E-state index in [1.165, 1.54) is 0 Å². The average molecular weight is 435 g/mol. The van der Waals surface area contributed by atoms with Crippen LogP contribution >= 0.6 is 0 Å². The number of anilines is 2. The lowest BCUT2D eigenvalue weighted by atomic mass is 10.2. The van der Waals surface area contributed by atoms with Gasteiger partial charge in [-0.2, -0.15) is 4.98 Å². The number of aryl methyl sites for hydroxylation is 1. The number of rotatable bonds is 7. The fourth-order valence-corrected chi connectivity index (χ4v) is 4.05. The van der Waals surface area contributed by atoms with E-state index in [0.29, 0.717) is 17.4 Å². The van der Waals surface area contributed by atoms with Gasteiger partial charge in [0, 0.05) is 16.9 Å². The average Bonchev–Trinajstić information content (AvgIpc) is 3.26. The molecule has 7 nitrogen and oxygen atoms in total. The highest BCUT2D eigenvalue weighted by Crippen LogP contribution is 2.23. The van der Waals surface area contributed by atoms with Crippen LogP contribution in [0.15, 0.2) is 88.3 Å². The molecule has 1 atom stereocenters. The van der Waals surface area contributed by atoms with E-state index in [9.17, 15) is 8.42 Å². The van der Waals surface area contributed by atoms with Gasteiger partial charge in [-0.25, -0.2) is 8.42 Å². The summed E-state index contributed by atoms with van der Waals surface area (Å²) in [5.74, 6) is 0.994. The maximum Gasteiger partial charge on any atom is 0.261 e.